The molecule has 0 radical (unpaired) electrons. The molecule has 0 atom stereocenters. The molecule has 0 heterocycles. The van der Waals surface area contributed by atoms with Gasteiger partial charge in [0.25, 0.3) is 0 Å². The highest BCUT2D eigenvalue weighted by atomic mass is 17.2. The van der Waals surface area contributed by atoms with Crippen molar-refractivity contribution in [2.75, 3.05) is 19.8 Å². The Morgan fingerprint density at radius 3 is 1.70 bits per heavy atom. The highest BCUT2D eigenvalue weighted by molar-refractivity contribution is 4.01. The highest BCUT2D eigenvalue weighted by Gasteiger charge is 2.25. The molecule has 0 saturated heterocycles. The lowest BCUT2D eigenvalue weighted by atomic mass is 10.8. The topological polar surface area (TPSA) is 38.7 Å². The SMILES string of the molecule is CCO[N+](O)(CC)OCC. The summed E-state index contributed by atoms with van der Waals surface area (Å²) >= 11 is 0. The van der Waals surface area contributed by atoms with Gasteiger partial charge in [0, 0.05) is 0 Å². The van der Waals surface area contributed by atoms with Crippen molar-refractivity contribution in [3.05, 3.63) is 0 Å². The monoisotopic (exact) mass is 150 g/mol. The van der Waals surface area contributed by atoms with Crippen LogP contribution in [0.25, 0.3) is 0 Å². The van der Waals surface area contributed by atoms with Gasteiger partial charge in [0.1, 0.15) is 13.2 Å². The summed E-state index contributed by atoms with van der Waals surface area (Å²) in [5.41, 5.74) is 0. The third-order valence-electron chi connectivity index (χ3n) is 1.06. The molecule has 0 spiro atoms. The van der Waals surface area contributed by atoms with Crippen LogP contribution >= 0.6 is 0 Å². The third kappa shape index (κ3) is 3.12. The number of hydrogen-bond donors (Lipinski definition) is 1. The van der Waals surface area contributed by atoms with E-state index in [0.717, 1.165) is 0 Å². The third-order valence-corrected chi connectivity index (χ3v) is 1.06. The van der Waals surface area contributed by atoms with E-state index in [1.807, 2.05) is 0 Å². The zero-order chi connectivity index (χ0) is 8.04. The summed E-state index contributed by atoms with van der Waals surface area (Å²) in [6, 6.07) is 0. The normalized spacial score (nSPS) is 12.0. The van der Waals surface area contributed by atoms with Crippen molar-refractivity contribution >= 4 is 0 Å². The second kappa shape index (κ2) is 4.62. The van der Waals surface area contributed by atoms with E-state index >= 15 is 0 Å². The van der Waals surface area contributed by atoms with Crippen molar-refractivity contribution in [3.63, 3.8) is 0 Å². The van der Waals surface area contributed by atoms with E-state index in [1.165, 1.54) is 0 Å². The lowest BCUT2D eigenvalue weighted by molar-refractivity contribution is -1.37. The van der Waals surface area contributed by atoms with Crippen molar-refractivity contribution in [1.82, 2.24) is 0 Å². The molecule has 0 amide bonds. The molecule has 4 nitrogen and oxygen atoms in total. The van der Waals surface area contributed by atoms with Gasteiger partial charge in [-0.2, -0.15) is 0 Å². The fraction of sp³-hybridized carbons (Fsp3) is 1.00. The van der Waals surface area contributed by atoms with Gasteiger partial charge >= 0.3 is 0 Å². The van der Waals surface area contributed by atoms with E-state index in [0.29, 0.717) is 19.8 Å². The standard InChI is InChI=1S/C6H16NO3/c1-4-7(8,9-5-2)10-6-3/h8H,4-6H2,1-3H3/q+1. The summed E-state index contributed by atoms with van der Waals surface area (Å²) in [4.78, 5) is 9.04. The summed E-state index contributed by atoms with van der Waals surface area (Å²) in [5.74, 6) is 0. The van der Waals surface area contributed by atoms with Gasteiger partial charge in [-0.3, -0.25) is 0 Å². The predicted molar refractivity (Wildman–Crippen MR) is 35.8 cm³/mol. The van der Waals surface area contributed by atoms with Gasteiger partial charge in [-0.1, -0.05) is 0 Å². The van der Waals surface area contributed by atoms with Crippen LogP contribution in [0, 0.1) is 0 Å². The first-order valence-corrected chi connectivity index (χ1v) is 3.58. The molecule has 4 heteroatoms. The molecule has 0 aliphatic carbocycles. The van der Waals surface area contributed by atoms with Gasteiger partial charge in [-0.05, 0) is 20.8 Å². The number of hydroxylamine groups is 3. The first-order valence-electron chi connectivity index (χ1n) is 3.58. The van der Waals surface area contributed by atoms with E-state index < -0.39 is 4.97 Å². The summed E-state index contributed by atoms with van der Waals surface area (Å²) in [7, 11) is 0. The Hall–Kier alpha value is -0.160. The molecule has 0 unspecified atom stereocenters. The molecule has 1 N–H and O–H groups in total. The van der Waals surface area contributed by atoms with E-state index in [9.17, 15) is 5.21 Å². The number of nitrogens with zero attached hydrogens (tertiary/aromatic N) is 1. The summed E-state index contributed by atoms with van der Waals surface area (Å²) in [6.07, 6.45) is 0. The summed E-state index contributed by atoms with van der Waals surface area (Å²) < 4.78 is 0. The van der Waals surface area contributed by atoms with Crippen LogP contribution in [0.3, 0.4) is 0 Å². The molecule has 0 aromatic heterocycles. The quantitative estimate of drug-likeness (QED) is 0.471. The number of rotatable bonds is 5. The van der Waals surface area contributed by atoms with Gasteiger partial charge in [-0.15, -0.1) is 14.9 Å². The maximum absolute atomic E-state index is 9.31. The molecule has 0 aromatic rings. The molecule has 10 heavy (non-hydrogen) atoms. The first-order chi connectivity index (χ1) is 4.68. The van der Waals surface area contributed by atoms with Gasteiger partial charge in [0.15, 0.2) is 6.54 Å². The average Bonchev–Trinajstić information content (AvgIpc) is 1.89. The van der Waals surface area contributed by atoms with Gasteiger partial charge in [-0.25, -0.2) is 0 Å². The van der Waals surface area contributed by atoms with Gasteiger partial charge < -0.3 is 0 Å². The molecule has 0 aliphatic rings. The largest absolute Gasteiger partial charge is 0.175 e. The van der Waals surface area contributed by atoms with Crippen molar-refractivity contribution in [2.45, 2.75) is 20.8 Å². The lowest BCUT2D eigenvalue weighted by Crippen LogP contribution is -2.44. The molecule has 0 aliphatic heterocycles. The van der Waals surface area contributed by atoms with E-state index in [1.54, 1.807) is 20.8 Å². The Kier molecular flexibility index (Phi) is 4.55. The Morgan fingerprint density at radius 2 is 1.50 bits per heavy atom. The van der Waals surface area contributed by atoms with E-state index in [2.05, 4.69) is 0 Å². The van der Waals surface area contributed by atoms with Crippen LogP contribution in [0.4, 0.5) is 0 Å². The zero-order valence-electron chi connectivity index (χ0n) is 6.83. The molecular weight excluding hydrogens is 134 g/mol. The van der Waals surface area contributed by atoms with Crippen molar-refractivity contribution in [1.29, 1.82) is 0 Å². The minimum absolute atomic E-state index is 0.391. The molecule has 0 bridgehead atoms. The van der Waals surface area contributed by atoms with Crippen molar-refractivity contribution < 1.29 is 19.9 Å². The minimum Gasteiger partial charge on any atom is -0.146 e. The number of hydrogen-bond acceptors (Lipinski definition) is 3. The minimum atomic E-state index is -0.743. The van der Waals surface area contributed by atoms with E-state index in [4.69, 9.17) is 9.68 Å². The van der Waals surface area contributed by atoms with Crippen LogP contribution in [0.15, 0.2) is 0 Å². The van der Waals surface area contributed by atoms with Crippen LogP contribution in [0.1, 0.15) is 20.8 Å². The predicted octanol–water partition coefficient (Wildman–Crippen LogP) is 1.12. The average molecular weight is 150 g/mol. The zero-order valence-corrected chi connectivity index (χ0v) is 6.83. The molecule has 62 valence electrons. The fourth-order valence-electron chi connectivity index (χ4n) is 0.623. The van der Waals surface area contributed by atoms with Gasteiger partial charge in [0.2, 0.25) is 0 Å². The second-order valence-electron chi connectivity index (χ2n) is 1.79. The molecular formula is C6H16NO3+. The van der Waals surface area contributed by atoms with Crippen LogP contribution < -0.4 is 0 Å². The van der Waals surface area contributed by atoms with Crippen molar-refractivity contribution in [2.24, 2.45) is 0 Å². The Morgan fingerprint density at radius 1 is 1.10 bits per heavy atom. The Labute approximate surface area is 61.4 Å². The Bertz CT molecular complexity index is 81.1. The summed E-state index contributed by atoms with van der Waals surface area (Å²) in [5, 5.41) is 9.31. The second-order valence-corrected chi connectivity index (χ2v) is 1.79. The van der Waals surface area contributed by atoms with Crippen molar-refractivity contribution in [3.8, 4) is 0 Å². The van der Waals surface area contributed by atoms with Crippen LogP contribution in [0.2, 0.25) is 0 Å². The summed E-state index contributed by atoms with van der Waals surface area (Å²) in [6.45, 7) is 6.65. The molecule has 0 aromatic carbocycles. The van der Waals surface area contributed by atoms with Crippen LogP contribution in [0.5, 0.6) is 0 Å². The van der Waals surface area contributed by atoms with E-state index in [-0.39, 0.29) is 0 Å². The lowest BCUT2D eigenvalue weighted by Gasteiger charge is -2.21. The number of quaternary nitrogens is 1. The highest BCUT2D eigenvalue weighted by Crippen LogP contribution is 2.03. The van der Waals surface area contributed by atoms with Gasteiger partial charge in [0.05, 0.1) is 4.97 Å². The Balaban J connectivity index is 3.69. The smallest absolute Gasteiger partial charge is 0.146 e. The maximum atomic E-state index is 9.31. The molecule has 0 saturated carbocycles. The fourth-order valence-corrected chi connectivity index (χ4v) is 0.623. The molecule has 0 fully saturated rings. The molecule has 0 rings (SSSR count). The van der Waals surface area contributed by atoms with Crippen LogP contribution in [-0.2, 0) is 9.68 Å². The van der Waals surface area contributed by atoms with Crippen LogP contribution in [-0.4, -0.2) is 29.9 Å². The first kappa shape index (κ1) is 9.84. The maximum Gasteiger partial charge on any atom is 0.175 e.